The summed E-state index contributed by atoms with van der Waals surface area (Å²) in [6.45, 7) is 7.15. The molecular formula is C23H50N2O. The van der Waals surface area contributed by atoms with Gasteiger partial charge in [-0.2, -0.15) is 0 Å². The molecule has 0 rings (SSSR count). The van der Waals surface area contributed by atoms with Crippen molar-refractivity contribution in [1.29, 1.82) is 0 Å². The first-order valence-electron chi connectivity index (χ1n) is 11.9. The molecule has 0 saturated carbocycles. The Morgan fingerprint density at radius 2 is 0.923 bits per heavy atom. The summed E-state index contributed by atoms with van der Waals surface area (Å²) in [5.74, 6) is 0. The molecule has 158 valence electrons. The molecule has 0 aliphatic carbocycles. The maximum atomic E-state index is 9.08. The van der Waals surface area contributed by atoms with E-state index in [0.29, 0.717) is 0 Å². The van der Waals surface area contributed by atoms with E-state index >= 15 is 0 Å². The number of rotatable bonds is 22. The zero-order valence-corrected chi connectivity index (χ0v) is 18.2. The van der Waals surface area contributed by atoms with Gasteiger partial charge in [0.15, 0.2) is 0 Å². The highest BCUT2D eigenvalue weighted by molar-refractivity contribution is 4.54. The minimum absolute atomic E-state index is 0.379. The molecule has 0 spiro atoms. The molecule has 0 aromatic heterocycles. The second kappa shape index (κ2) is 22.9. The predicted molar refractivity (Wildman–Crippen MR) is 117 cm³/mol. The van der Waals surface area contributed by atoms with Gasteiger partial charge in [-0.1, -0.05) is 103 Å². The van der Waals surface area contributed by atoms with Gasteiger partial charge in [0.05, 0.1) is 0 Å². The smallest absolute Gasteiger partial charge is 0.102 e. The first-order chi connectivity index (χ1) is 12.8. The molecule has 0 saturated heterocycles. The summed E-state index contributed by atoms with van der Waals surface area (Å²) in [7, 11) is 0. The van der Waals surface area contributed by atoms with E-state index in [0.717, 1.165) is 26.1 Å². The van der Waals surface area contributed by atoms with Crippen LogP contribution in [0.25, 0.3) is 0 Å². The van der Waals surface area contributed by atoms with Gasteiger partial charge in [-0.25, -0.2) is 0 Å². The second-order valence-electron chi connectivity index (χ2n) is 8.04. The van der Waals surface area contributed by atoms with Crippen LogP contribution in [0.3, 0.4) is 0 Å². The van der Waals surface area contributed by atoms with Crippen molar-refractivity contribution in [3.05, 3.63) is 0 Å². The highest BCUT2D eigenvalue weighted by Crippen LogP contribution is 2.13. The molecule has 1 unspecified atom stereocenters. The molecule has 0 fully saturated rings. The molecule has 0 bridgehead atoms. The van der Waals surface area contributed by atoms with Gasteiger partial charge in [0, 0.05) is 0 Å². The molecular weight excluding hydrogens is 320 g/mol. The lowest BCUT2D eigenvalue weighted by Gasteiger charge is -2.08. The second-order valence-corrected chi connectivity index (χ2v) is 8.04. The van der Waals surface area contributed by atoms with E-state index in [1.54, 1.807) is 6.92 Å². The minimum Gasteiger partial charge on any atom is -0.379 e. The molecule has 3 nitrogen and oxygen atoms in total. The van der Waals surface area contributed by atoms with E-state index in [1.165, 1.54) is 103 Å². The fourth-order valence-electron chi connectivity index (χ4n) is 3.45. The standard InChI is InChI=1S/C23H50N2O/c1-3-4-5-6-7-8-9-10-11-12-13-14-15-16-17-18-20-24-21-19-22-25-23(2)26/h23-26H,3-22H2,1-2H3. The maximum Gasteiger partial charge on any atom is 0.102 e. The lowest BCUT2D eigenvalue weighted by Crippen LogP contribution is -2.28. The Morgan fingerprint density at radius 3 is 1.35 bits per heavy atom. The van der Waals surface area contributed by atoms with Crippen LogP contribution in [0, 0.1) is 0 Å². The first kappa shape index (κ1) is 25.9. The van der Waals surface area contributed by atoms with Gasteiger partial charge in [-0.15, -0.1) is 0 Å². The highest BCUT2D eigenvalue weighted by atomic mass is 16.3. The molecule has 0 radical (unpaired) electrons. The van der Waals surface area contributed by atoms with Crippen LogP contribution in [0.1, 0.15) is 123 Å². The Bertz CT molecular complexity index is 246. The fourth-order valence-corrected chi connectivity index (χ4v) is 3.45. The average Bonchev–Trinajstić information content (AvgIpc) is 2.62. The summed E-state index contributed by atoms with van der Waals surface area (Å²) >= 11 is 0. The van der Waals surface area contributed by atoms with Gasteiger partial charge in [0.2, 0.25) is 0 Å². The number of unbranched alkanes of at least 4 members (excludes halogenated alkanes) is 15. The van der Waals surface area contributed by atoms with Crippen molar-refractivity contribution >= 4 is 0 Å². The van der Waals surface area contributed by atoms with Crippen molar-refractivity contribution in [1.82, 2.24) is 10.6 Å². The third-order valence-electron chi connectivity index (χ3n) is 5.18. The van der Waals surface area contributed by atoms with Crippen LogP contribution in [0.4, 0.5) is 0 Å². The lowest BCUT2D eigenvalue weighted by atomic mass is 10.0. The van der Waals surface area contributed by atoms with E-state index in [1.807, 2.05) is 0 Å². The molecule has 0 heterocycles. The Hall–Kier alpha value is -0.120. The SMILES string of the molecule is CCCCCCCCCCCCCCCCCCNCCCNC(C)O. The van der Waals surface area contributed by atoms with Crippen LogP contribution >= 0.6 is 0 Å². The van der Waals surface area contributed by atoms with E-state index in [4.69, 9.17) is 5.11 Å². The largest absolute Gasteiger partial charge is 0.379 e. The molecule has 3 N–H and O–H groups in total. The Labute approximate surface area is 165 Å². The van der Waals surface area contributed by atoms with E-state index in [9.17, 15) is 0 Å². The quantitative estimate of drug-likeness (QED) is 0.158. The summed E-state index contributed by atoms with van der Waals surface area (Å²) in [6.07, 6.45) is 23.6. The van der Waals surface area contributed by atoms with Gasteiger partial charge in [-0.3, -0.25) is 5.32 Å². The number of nitrogens with one attached hydrogen (secondary N) is 2. The van der Waals surface area contributed by atoms with Crippen LogP contribution in [0.5, 0.6) is 0 Å². The number of aliphatic hydroxyl groups is 1. The number of hydrogen-bond donors (Lipinski definition) is 3. The van der Waals surface area contributed by atoms with Crippen LogP contribution in [-0.4, -0.2) is 31.0 Å². The molecule has 3 heteroatoms. The highest BCUT2D eigenvalue weighted by Gasteiger charge is 1.95. The van der Waals surface area contributed by atoms with Crippen LogP contribution in [0.15, 0.2) is 0 Å². The molecule has 1 atom stereocenters. The summed E-state index contributed by atoms with van der Waals surface area (Å²) in [5.41, 5.74) is 0. The third-order valence-corrected chi connectivity index (χ3v) is 5.18. The normalized spacial score (nSPS) is 12.6. The van der Waals surface area contributed by atoms with Gasteiger partial charge in [-0.05, 0) is 39.4 Å². The topological polar surface area (TPSA) is 44.3 Å². The Balaban J connectivity index is 2.97. The lowest BCUT2D eigenvalue weighted by molar-refractivity contribution is 0.156. The Kier molecular flexibility index (Phi) is 22.8. The zero-order valence-electron chi connectivity index (χ0n) is 18.2. The molecule has 0 aromatic carbocycles. The first-order valence-corrected chi connectivity index (χ1v) is 11.9. The molecule has 26 heavy (non-hydrogen) atoms. The van der Waals surface area contributed by atoms with Crippen molar-refractivity contribution in [2.24, 2.45) is 0 Å². The van der Waals surface area contributed by atoms with Crippen LogP contribution < -0.4 is 10.6 Å². The van der Waals surface area contributed by atoms with Gasteiger partial charge < -0.3 is 10.4 Å². The predicted octanol–water partition coefficient (Wildman–Crippen LogP) is 6.16. The average molecular weight is 371 g/mol. The summed E-state index contributed by atoms with van der Waals surface area (Å²) in [4.78, 5) is 0. The van der Waals surface area contributed by atoms with Crippen molar-refractivity contribution < 1.29 is 5.11 Å². The van der Waals surface area contributed by atoms with Gasteiger partial charge in [0.1, 0.15) is 6.23 Å². The van der Waals surface area contributed by atoms with Gasteiger partial charge in [0.25, 0.3) is 0 Å². The molecule has 0 aliphatic rings. The monoisotopic (exact) mass is 370 g/mol. The molecule has 0 aromatic rings. The number of hydrogen-bond acceptors (Lipinski definition) is 3. The van der Waals surface area contributed by atoms with Crippen molar-refractivity contribution in [2.45, 2.75) is 129 Å². The van der Waals surface area contributed by atoms with E-state index < -0.39 is 0 Å². The van der Waals surface area contributed by atoms with Crippen molar-refractivity contribution in [3.8, 4) is 0 Å². The van der Waals surface area contributed by atoms with E-state index in [2.05, 4.69) is 17.6 Å². The van der Waals surface area contributed by atoms with Crippen molar-refractivity contribution in [3.63, 3.8) is 0 Å². The van der Waals surface area contributed by atoms with Crippen LogP contribution in [-0.2, 0) is 0 Å². The van der Waals surface area contributed by atoms with Gasteiger partial charge >= 0.3 is 0 Å². The zero-order chi connectivity index (χ0) is 19.1. The maximum absolute atomic E-state index is 9.08. The van der Waals surface area contributed by atoms with Crippen molar-refractivity contribution in [2.75, 3.05) is 19.6 Å². The fraction of sp³-hybridized carbons (Fsp3) is 1.00. The molecule has 0 aliphatic heterocycles. The summed E-state index contributed by atoms with van der Waals surface area (Å²) in [5, 5.41) is 15.6. The third kappa shape index (κ3) is 23.9. The Morgan fingerprint density at radius 1 is 0.538 bits per heavy atom. The molecule has 0 amide bonds. The number of aliphatic hydroxyl groups excluding tert-OH is 1. The summed E-state index contributed by atoms with van der Waals surface area (Å²) in [6, 6.07) is 0. The van der Waals surface area contributed by atoms with Crippen LogP contribution in [0.2, 0.25) is 0 Å². The summed E-state index contributed by atoms with van der Waals surface area (Å²) < 4.78 is 0. The minimum atomic E-state index is -0.379. The van der Waals surface area contributed by atoms with E-state index in [-0.39, 0.29) is 6.23 Å².